The number of fused-ring (bicyclic) bond motifs is 1. The summed E-state index contributed by atoms with van der Waals surface area (Å²) in [5.41, 5.74) is 3.31. The summed E-state index contributed by atoms with van der Waals surface area (Å²) in [6.45, 7) is 8.65. The van der Waals surface area contributed by atoms with Gasteiger partial charge in [-0.3, -0.25) is 4.90 Å². The van der Waals surface area contributed by atoms with E-state index in [1.54, 1.807) is 0 Å². The summed E-state index contributed by atoms with van der Waals surface area (Å²) >= 11 is 0. The maximum atomic E-state index is 12.9. The van der Waals surface area contributed by atoms with Crippen LogP contribution in [0.4, 0.5) is 0 Å². The molecule has 1 fully saturated rings. The fourth-order valence-electron chi connectivity index (χ4n) is 6.41. The first-order valence-corrected chi connectivity index (χ1v) is 16.0. The van der Waals surface area contributed by atoms with Gasteiger partial charge in [0.15, 0.2) is 11.5 Å². The smallest absolute Gasteiger partial charge is 0.231 e. The van der Waals surface area contributed by atoms with Gasteiger partial charge < -0.3 is 24.2 Å². The summed E-state index contributed by atoms with van der Waals surface area (Å²) in [4.78, 5) is 5.02. The van der Waals surface area contributed by atoms with Crippen molar-refractivity contribution in [2.24, 2.45) is 0 Å². The molecule has 0 aliphatic carbocycles. The van der Waals surface area contributed by atoms with E-state index in [9.17, 15) is 5.11 Å². The van der Waals surface area contributed by atoms with Gasteiger partial charge in [-0.2, -0.15) is 0 Å². The van der Waals surface area contributed by atoms with Crippen LogP contribution >= 0.6 is 0 Å². The SMILES string of the molecule is CCCCOc1ccc(C(O)(Cc2ccccc2)C(CN2CCN(Cc3ccc4c(c3)OCO4)CC2)c2ccccc2)cc1. The van der Waals surface area contributed by atoms with Crippen LogP contribution in [0.2, 0.25) is 0 Å². The van der Waals surface area contributed by atoms with Crippen molar-refractivity contribution in [1.29, 1.82) is 0 Å². The van der Waals surface area contributed by atoms with Crippen LogP contribution in [0.25, 0.3) is 0 Å². The molecule has 1 N–H and O–H groups in total. The van der Waals surface area contributed by atoms with Crippen LogP contribution in [0.3, 0.4) is 0 Å². The van der Waals surface area contributed by atoms with E-state index in [1.807, 2.05) is 30.3 Å². The van der Waals surface area contributed by atoms with Crippen molar-refractivity contribution < 1.29 is 19.3 Å². The predicted octanol–water partition coefficient (Wildman–Crippen LogP) is 6.63. The van der Waals surface area contributed by atoms with Crippen LogP contribution in [0.1, 0.15) is 47.9 Å². The van der Waals surface area contributed by atoms with Crippen molar-refractivity contribution in [2.75, 3.05) is 46.1 Å². The van der Waals surface area contributed by atoms with Gasteiger partial charge in [0.1, 0.15) is 11.4 Å². The van der Waals surface area contributed by atoms with E-state index in [0.29, 0.717) is 19.8 Å². The van der Waals surface area contributed by atoms with Gasteiger partial charge in [-0.15, -0.1) is 0 Å². The molecule has 230 valence electrons. The zero-order chi connectivity index (χ0) is 30.2. The molecule has 2 unspecified atom stereocenters. The normalized spacial score (nSPS) is 17.2. The number of nitrogens with zero attached hydrogens (tertiary/aromatic N) is 2. The molecule has 6 nitrogen and oxygen atoms in total. The van der Waals surface area contributed by atoms with Gasteiger partial charge in [0, 0.05) is 51.6 Å². The second-order valence-corrected chi connectivity index (χ2v) is 12.0. The molecule has 44 heavy (non-hydrogen) atoms. The van der Waals surface area contributed by atoms with Crippen LogP contribution in [0.15, 0.2) is 103 Å². The molecule has 0 saturated carbocycles. The number of hydrogen-bond donors (Lipinski definition) is 1. The quantitative estimate of drug-likeness (QED) is 0.176. The lowest BCUT2D eigenvalue weighted by atomic mass is 9.73. The van der Waals surface area contributed by atoms with E-state index in [0.717, 1.165) is 86.0 Å². The molecule has 2 heterocycles. The predicted molar refractivity (Wildman–Crippen MR) is 174 cm³/mol. The zero-order valence-electron chi connectivity index (χ0n) is 25.7. The summed E-state index contributed by atoms with van der Waals surface area (Å²) in [6.07, 6.45) is 2.65. The topological polar surface area (TPSA) is 54.4 Å². The van der Waals surface area contributed by atoms with E-state index in [1.165, 1.54) is 5.56 Å². The van der Waals surface area contributed by atoms with Crippen molar-refractivity contribution >= 4 is 0 Å². The van der Waals surface area contributed by atoms with E-state index >= 15 is 0 Å². The number of ether oxygens (including phenoxy) is 3. The lowest BCUT2D eigenvalue weighted by Crippen LogP contribution is -2.50. The third kappa shape index (κ3) is 7.27. The summed E-state index contributed by atoms with van der Waals surface area (Å²) in [7, 11) is 0. The first-order valence-electron chi connectivity index (χ1n) is 16.0. The molecule has 2 aliphatic heterocycles. The average Bonchev–Trinajstić information content (AvgIpc) is 3.54. The first-order chi connectivity index (χ1) is 21.6. The number of hydrogen-bond acceptors (Lipinski definition) is 6. The largest absolute Gasteiger partial charge is 0.494 e. The molecular formula is C38H44N2O4. The summed E-state index contributed by atoms with van der Waals surface area (Å²) in [6, 6.07) is 35.3. The number of benzene rings is 4. The van der Waals surface area contributed by atoms with Crippen molar-refractivity contribution in [1.82, 2.24) is 9.80 Å². The average molecular weight is 593 g/mol. The maximum Gasteiger partial charge on any atom is 0.231 e. The van der Waals surface area contributed by atoms with Gasteiger partial charge in [-0.1, -0.05) is 92.2 Å². The van der Waals surface area contributed by atoms with Crippen LogP contribution in [0.5, 0.6) is 17.2 Å². The zero-order valence-corrected chi connectivity index (χ0v) is 25.7. The fourth-order valence-corrected chi connectivity index (χ4v) is 6.41. The molecule has 0 bridgehead atoms. The monoisotopic (exact) mass is 592 g/mol. The van der Waals surface area contributed by atoms with Crippen molar-refractivity contribution in [2.45, 2.75) is 44.2 Å². The highest BCUT2D eigenvalue weighted by Gasteiger charge is 2.41. The van der Waals surface area contributed by atoms with E-state index in [4.69, 9.17) is 14.2 Å². The Morgan fingerprint density at radius 1 is 0.773 bits per heavy atom. The molecule has 1 saturated heterocycles. The first kappa shape index (κ1) is 30.2. The Morgan fingerprint density at radius 3 is 2.18 bits per heavy atom. The minimum absolute atomic E-state index is 0.129. The van der Waals surface area contributed by atoms with E-state index < -0.39 is 5.60 Å². The van der Waals surface area contributed by atoms with Crippen molar-refractivity contribution in [3.63, 3.8) is 0 Å². The Bertz CT molecular complexity index is 1460. The highest BCUT2D eigenvalue weighted by molar-refractivity contribution is 5.44. The Hall–Kier alpha value is -3.84. The minimum atomic E-state index is -1.12. The number of piperazine rings is 1. The summed E-state index contributed by atoms with van der Waals surface area (Å²) in [5.74, 6) is 2.38. The molecule has 0 radical (unpaired) electrons. The minimum Gasteiger partial charge on any atom is -0.494 e. The van der Waals surface area contributed by atoms with Gasteiger partial charge in [0.2, 0.25) is 6.79 Å². The standard InChI is InChI=1S/C38H44N2O4/c1-2-3-24-42-34-17-15-33(16-18-34)38(41,26-30-10-6-4-7-11-30)35(32-12-8-5-9-13-32)28-40-22-20-39(21-23-40)27-31-14-19-36-37(25-31)44-29-43-36/h4-19,25,35,41H,2-3,20-24,26-29H2,1H3. The van der Waals surface area contributed by atoms with Gasteiger partial charge in [0.25, 0.3) is 0 Å². The molecule has 6 rings (SSSR count). The number of unbranched alkanes of at least 4 members (excludes halogenated alkanes) is 1. The second kappa shape index (κ2) is 14.3. The molecule has 2 aliphatic rings. The molecule has 2 atom stereocenters. The van der Waals surface area contributed by atoms with Crippen LogP contribution in [0, 0.1) is 0 Å². The molecular weight excluding hydrogens is 548 g/mol. The lowest BCUT2D eigenvalue weighted by molar-refractivity contribution is -0.0104. The number of aliphatic hydroxyl groups is 1. The second-order valence-electron chi connectivity index (χ2n) is 12.0. The molecule has 0 spiro atoms. The summed E-state index contributed by atoms with van der Waals surface area (Å²) < 4.78 is 17.0. The lowest BCUT2D eigenvalue weighted by Gasteiger charge is -2.42. The molecule has 4 aromatic carbocycles. The van der Waals surface area contributed by atoms with Gasteiger partial charge >= 0.3 is 0 Å². The van der Waals surface area contributed by atoms with E-state index in [2.05, 4.69) is 89.5 Å². The molecule has 4 aromatic rings. The van der Waals surface area contributed by atoms with Crippen molar-refractivity contribution in [3.05, 3.63) is 125 Å². The Kier molecular flexibility index (Phi) is 9.81. The van der Waals surface area contributed by atoms with E-state index in [-0.39, 0.29) is 5.92 Å². The van der Waals surface area contributed by atoms with Crippen LogP contribution in [-0.4, -0.2) is 61.0 Å². The fraction of sp³-hybridized carbons (Fsp3) is 0.368. The van der Waals surface area contributed by atoms with Gasteiger partial charge in [-0.25, -0.2) is 0 Å². The summed E-state index contributed by atoms with van der Waals surface area (Å²) in [5, 5.41) is 12.9. The van der Waals surface area contributed by atoms with Crippen LogP contribution < -0.4 is 14.2 Å². The van der Waals surface area contributed by atoms with Crippen molar-refractivity contribution in [3.8, 4) is 17.2 Å². The van der Waals surface area contributed by atoms with Crippen LogP contribution in [-0.2, 0) is 18.6 Å². The number of rotatable bonds is 13. The Morgan fingerprint density at radius 2 is 1.45 bits per heavy atom. The van der Waals surface area contributed by atoms with Gasteiger partial charge in [-0.05, 0) is 52.9 Å². The third-order valence-electron chi connectivity index (χ3n) is 8.96. The van der Waals surface area contributed by atoms with Gasteiger partial charge in [0.05, 0.1) is 6.61 Å². The highest BCUT2D eigenvalue weighted by Crippen LogP contribution is 2.41. The maximum absolute atomic E-state index is 12.9. The Balaban J connectivity index is 1.22. The third-order valence-corrected chi connectivity index (χ3v) is 8.96. The molecule has 0 aromatic heterocycles. The molecule has 6 heteroatoms. The Labute approximate surface area is 261 Å². The highest BCUT2D eigenvalue weighted by atomic mass is 16.7. The molecule has 0 amide bonds.